The van der Waals surface area contributed by atoms with Crippen LogP contribution in [0.15, 0.2) is 12.2 Å². The van der Waals surface area contributed by atoms with Gasteiger partial charge in [-0.1, -0.05) is 76.9 Å². The second kappa shape index (κ2) is 16.5. The van der Waals surface area contributed by atoms with E-state index in [0.29, 0.717) is 6.42 Å². The highest BCUT2D eigenvalue weighted by Crippen LogP contribution is 2.21. The van der Waals surface area contributed by atoms with E-state index < -0.39 is 23.6 Å². The molecule has 0 saturated carbocycles. The minimum atomic E-state index is -2.40. The molecule has 0 bridgehead atoms. The predicted octanol–water partition coefficient (Wildman–Crippen LogP) is 4.08. The predicted molar refractivity (Wildman–Crippen MR) is 112 cm³/mol. The lowest BCUT2D eigenvalue weighted by atomic mass is 9.89. The number of carboxylic acid groups (broad SMARTS) is 1. The number of primary amides is 1. The molecule has 0 aliphatic carbocycles. The minimum absolute atomic E-state index is 0.142. The van der Waals surface area contributed by atoms with Crippen molar-refractivity contribution in [3.05, 3.63) is 12.2 Å². The van der Waals surface area contributed by atoms with Crippen molar-refractivity contribution in [2.45, 2.75) is 115 Å². The molecule has 0 saturated heterocycles. The fourth-order valence-electron chi connectivity index (χ4n) is 3.24. The van der Waals surface area contributed by atoms with Crippen molar-refractivity contribution >= 4 is 11.9 Å². The Morgan fingerprint density at radius 3 is 1.71 bits per heavy atom. The van der Waals surface area contributed by atoms with Crippen LogP contribution >= 0.6 is 0 Å². The largest absolute Gasteiger partial charge is 0.479 e. The molecule has 2 atom stereocenters. The Bertz CT molecular complexity index is 452. The highest BCUT2D eigenvalue weighted by molar-refractivity contribution is 5.90. The molecule has 0 aliphatic rings. The summed E-state index contributed by atoms with van der Waals surface area (Å²) in [6, 6.07) is 0. The lowest BCUT2D eigenvalue weighted by Gasteiger charge is -2.27. The molecular weight excluding hydrogens is 358 g/mol. The maximum Gasteiger partial charge on any atom is 0.336 e. The molecule has 164 valence electrons. The summed E-state index contributed by atoms with van der Waals surface area (Å²) in [5.74, 6) is -2.85. The topological polar surface area (TPSA) is 121 Å². The van der Waals surface area contributed by atoms with Crippen molar-refractivity contribution in [2.24, 2.45) is 5.73 Å². The van der Waals surface area contributed by atoms with E-state index in [1.54, 1.807) is 0 Å². The van der Waals surface area contributed by atoms with Crippen LogP contribution in [0, 0.1) is 0 Å². The van der Waals surface area contributed by atoms with Crippen LogP contribution in [-0.4, -0.2) is 38.9 Å². The molecule has 0 aromatic rings. The highest BCUT2D eigenvalue weighted by atomic mass is 16.4. The number of carbonyl (C=O) groups is 2. The second-order valence-corrected chi connectivity index (χ2v) is 7.72. The van der Waals surface area contributed by atoms with Gasteiger partial charge in [0.2, 0.25) is 0 Å². The Hall–Kier alpha value is -1.40. The summed E-state index contributed by atoms with van der Waals surface area (Å²) in [5.41, 5.74) is 2.66. The standard InChI is InChI=1S/C22H41NO5/c1-2-3-4-5-6-7-8-9-10-11-12-13-14-15-16-17-18-22(28,21(23)27)19(24)20(25)26/h9-10,19,24,28H,2-8,11-18H2,1H3,(H2,23,27)(H,25,26)/b10-9-. The molecule has 2 unspecified atom stereocenters. The lowest BCUT2D eigenvalue weighted by Crippen LogP contribution is -2.56. The number of amides is 1. The van der Waals surface area contributed by atoms with E-state index in [1.165, 1.54) is 44.9 Å². The van der Waals surface area contributed by atoms with Crippen LogP contribution in [0.1, 0.15) is 103 Å². The van der Waals surface area contributed by atoms with Gasteiger partial charge in [-0.3, -0.25) is 4.79 Å². The van der Waals surface area contributed by atoms with Gasteiger partial charge in [0.05, 0.1) is 0 Å². The van der Waals surface area contributed by atoms with Gasteiger partial charge in [0.1, 0.15) is 0 Å². The van der Waals surface area contributed by atoms with Gasteiger partial charge in [0.15, 0.2) is 11.7 Å². The number of carboxylic acids is 1. The van der Waals surface area contributed by atoms with Crippen LogP contribution in [0.25, 0.3) is 0 Å². The maximum absolute atomic E-state index is 11.3. The summed E-state index contributed by atoms with van der Waals surface area (Å²) in [7, 11) is 0. The Labute approximate surface area is 170 Å². The number of hydrogen-bond acceptors (Lipinski definition) is 4. The Morgan fingerprint density at radius 2 is 1.29 bits per heavy atom. The average Bonchev–Trinajstić information content (AvgIpc) is 2.66. The van der Waals surface area contributed by atoms with Gasteiger partial charge in [-0.25, -0.2) is 4.79 Å². The van der Waals surface area contributed by atoms with Gasteiger partial charge in [-0.05, 0) is 38.5 Å². The third-order valence-corrected chi connectivity index (χ3v) is 5.18. The van der Waals surface area contributed by atoms with Gasteiger partial charge < -0.3 is 21.1 Å². The van der Waals surface area contributed by atoms with E-state index in [9.17, 15) is 19.8 Å². The monoisotopic (exact) mass is 399 g/mol. The van der Waals surface area contributed by atoms with Crippen molar-refractivity contribution in [3.63, 3.8) is 0 Å². The lowest BCUT2D eigenvalue weighted by molar-refractivity contribution is -0.171. The molecule has 1 amide bonds. The zero-order chi connectivity index (χ0) is 21.3. The van der Waals surface area contributed by atoms with Crippen LogP contribution in [0.5, 0.6) is 0 Å². The molecule has 0 spiro atoms. The SMILES string of the molecule is CCCCCCCC/C=C\CCCCCCCCC(O)(C(N)=O)C(O)C(=O)O. The molecule has 0 aromatic heterocycles. The van der Waals surface area contributed by atoms with Gasteiger partial charge in [-0.2, -0.15) is 0 Å². The van der Waals surface area contributed by atoms with Crippen molar-refractivity contribution in [3.8, 4) is 0 Å². The van der Waals surface area contributed by atoms with E-state index in [4.69, 9.17) is 10.8 Å². The molecule has 0 aromatic carbocycles. The van der Waals surface area contributed by atoms with E-state index in [1.807, 2.05) is 0 Å². The molecule has 0 fully saturated rings. The summed E-state index contributed by atoms with van der Waals surface area (Å²) in [6.07, 6.45) is 18.0. The van der Waals surface area contributed by atoms with Crippen LogP contribution in [0.4, 0.5) is 0 Å². The third kappa shape index (κ3) is 12.1. The minimum Gasteiger partial charge on any atom is -0.479 e. The van der Waals surface area contributed by atoms with Crippen LogP contribution in [0.2, 0.25) is 0 Å². The number of hydrogen-bond donors (Lipinski definition) is 4. The summed E-state index contributed by atoms with van der Waals surface area (Å²) in [5, 5.41) is 28.3. The Balaban J connectivity index is 3.62. The molecule has 5 N–H and O–H groups in total. The zero-order valence-corrected chi connectivity index (χ0v) is 17.6. The number of rotatable bonds is 19. The van der Waals surface area contributed by atoms with E-state index in [2.05, 4.69) is 19.1 Å². The first-order chi connectivity index (χ1) is 13.4. The van der Waals surface area contributed by atoms with E-state index in [0.717, 1.165) is 38.5 Å². The van der Waals surface area contributed by atoms with E-state index >= 15 is 0 Å². The maximum atomic E-state index is 11.3. The first-order valence-corrected chi connectivity index (χ1v) is 10.9. The van der Waals surface area contributed by atoms with Gasteiger partial charge in [0, 0.05) is 0 Å². The molecule has 0 aliphatic heterocycles. The molecule has 0 rings (SSSR count). The smallest absolute Gasteiger partial charge is 0.336 e. The fraction of sp³-hybridized carbons (Fsp3) is 0.818. The molecule has 6 heteroatoms. The molecule has 28 heavy (non-hydrogen) atoms. The van der Waals surface area contributed by atoms with E-state index in [-0.39, 0.29) is 6.42 Å². The van der Waals surface area contributed by atoms with Crippen molar-refractivity contribution in [1.82, 2.24) is 0 Å². The van der Waals surface area contributed by atoms with Gasteiger partial charge in [0.25, 0.3) is 5.91 Å². The molecule has 0 heterocycles. The average molecular weight is 400 g/mol. The Morgan fingerprint density at radius 1 is 0.857 bits per heavy atom. The molecular formula is C22H41NO5. The van der Waals surface area contributed by atoms with Gasteiger partial charge >= 0.3 is 5.97 Å². The molecule has 0 radical (unpaired) electrons. The number of aliphatic hydroxyl groups is 2. The summed E-state index contributed by atoms with van der Waals surface area (Å²) < 4.78 is 0. The Kier molecular flexibility index (Phi) is 15.7. The van der Waals surface area contributed by atoms with Crippen LogP contribution in [0.3, 0.4) is 0 Å². The third-order valence-electron chi connectivity index (χ3n) is 5.18. The summed E-state index contributed by atoms with van der Waals surface area (Å²) in [4.78, 5) is 22.1. The van der Waals surface area contributed by atoms with Crippen LogP contribution in [-0.2, 0) is 9.59 Å². The number of unbranched alkanes of at least 4 members (excludes halogenated alkanes) is 12. The van der Waals surface area contributed by atoms with Crippen molar-refractivity contribution in [1.29, 1.82) is 0 Å². The normalized spacial score (nSPS) is 14.8. The highest BCUT2D eigenvalue weighted by Gasteiger charge is 2.45. The number of aliphatic hydroxyl groups excluding tert-OH is 1. The molecule has 6 nitrogen and oxygen atoms in total. The quantitative estimate of drug-likeness (QED) is 0.193. The fourth-order valence-corrected chi connectivity index (χ4v) is 3.24. The van der Waals surface area contributed by atoms with Gasteiger partial charge in [-0.15, -0.1) is 0 Å². The van der Waals surface area contributed by atoms with Crippen molar-refractivity contribution < 1.29 is 24.9 Å². The summed E-state index contributed by atoms with van der Waals surface area (Å²) >= 11 is 0. The number of carbonyl (C=O) groups excluding carboxylic acids is 1. The second-order valence-electron chi connectivity index (χ2n) is 7.72. The van der Waals surface area contributed by atoms with Crippen molar-refractivity contribution in [2.75, 3.05) is 0 Å². The first-order valence-electron chi connectivity index (χ1n) is 10.9. The van der Waals surface area contributed by atoms with Crippen LogP contribution < -0.4 is 5.73 Å². The number of aliphatic carboxylic acids is 1. The number of allylic oxidation sites excluding steroid dienone is 2. The number of nitrogens with two attached hydrogens (primary N) is 1. The zero-order valence-electron chi connectivity index (χ0n) is 17.6. The summed E-state index contributed by atoms with van der Waals surface area (Å²) in [6.45, 7) is 2.24. The first kappa shape index (κ1) is 26.6.